The summed E-state index contributed by atoms with van der Waals surface area (Å²) in [4.78, 5) is 20.2. The molecule has 0 bridgehead atoms. The molecule has 1 heterocycles. The topological polar surface area (TPSA) is 66.9 Å². The van der Waals surface area contributed by atoms with Gasteiger partial charge in [0, 0.05) is 18.2 Å². The third-order valence-corrected chi connectivity index (χ3v) is 3.60. The maximum absolute atomic E-state index is 12.0. The lowest BCUT2D eigenvalue weighted by Crippen LogP contribution is -2.32. The van der Waals surface area contributed by atoms with E-state index in [0.717, 1.165) is 12.2 Å². The number of rotatable bonds is 5. The zero-order valence-electron chi connectivity index (χ0n) is 11.6. The van der Waals surface area contributed by atoms with Crippen LogP contribution in [-0.2, 0) is 0 Å². The highest BCUT2D eigenvalue weighted by atomic mass is 16.1. The number of nitrogens with one attached hydrogen (secondary N) is 2. The first kappa shape index (κ1) is 13.8. The molecule has 5 heteroatoms. The van der Waals surface area contributed by atoms with Crippen molar-refractivity contribution in [3.05, 3.63) is 18.1 Å². The fraction of sp³-hybridized carbons (Fsp3) is 0.643. The molecule has 0 spiro atoms. The van der Waals surface area contributed by atoms with Crippen LogP contribution in [0.25, 0.3) is 0 Å². The molecule has 1 aromatic rings. The number of aromatic nitrogens is 2. The van der Waals surface area contributed by atoms with Gasteiger partial charge in [0.05, 0.1) is 0 Å². The van der Waals surface area contributed by atoms with Crippen molar-refractivity contribution in [1.82, 2.24) is 15.3 Å². The van der Waals surface area contributed by atoms with Gasteiger partial charge in [-0.2, -0.15) is 0 Å². The molecule has 5 nitrogen and oxygen atoms in total. The molecule has 1 amide bonds. The molecule has 1 unspecified atom stereocenters. The van der Waals surface area contributed by atoms with Crippen molar-refractivity contribution in [3.8, 4) is 0 Å². The van der Waals surface area contributed by atoms with E-state index in [0.29, 0.717) is 11.7 Å². The Morgan fingerprint density at radius 2 is 2.16 bits per heavy atom. The summed E-state index contributed by atoms with van der Waals surface area (Å²) in [6.07, 6.45) is 7.25. The minimum Gasteiger partial charge on any atom is -0.367 e. The van der Waals surface area contributed by atoms with Crippen molar-refractivity contribution >= 4 is 11.7 Å². The van der Waals surface area contributed by atoms with Gasteiger partial charge in [0.2, 0.25) is 0 Å². The molecule has 1 fully saturated rings. The van der Waals surface area contributed by atoms with Gasteiger partial charge in [-0.05, 0) is 26.2 Å². The van der Waals surface area contributed by atoms with E-state index in [9.17, 15) is 4.79 Å². The van der Waals surface area contributed by atoms with Crippen LogP contribution in [0.2, 0.25) is 0 Å². The van der Waals surface area contributed by atoms with Crippen molar-refractivity contribution < 1.29 is 4.79 Å². The number of anilines is 1. The average Bonchev–Trinajstić information content (AvgIpc) is 2.91. The van der Waals surface area contributed by atoms with E-state index in [-0.39, 0.29) is 11.9 Å². The van der Waals surface area contributed by atoms with Crippen molar-refractivity contribution in [2.24, 2.45) is 0 Å². The second kappa shape index (κ2) is 6.50. The standard InChI is InChI=1S/C14H22N4O/c1-3-10(2)17-14(19)12-8-13(16-9-15-12)18-11-6-4-5-7-11/h8-11H,3-7H2,1-2H3,(H,17,19)(H,15,16,18). The van der Waals surface area contributed by atoms with E-state index >= 15 is 0 Å². The molecule has 0 aliphatic heterocycles. The Labute approximate surface area is 114 Å². The van der Waals surface area contributed by atoms with Crippen LogP contribution in [0.3, 0.4) is 0 Å². The van der Waals surface area contributed by atoms with Crippen molar-refractivity contribution in [3.63, 3.8) is 0 Å². The Balaban J connectivity index is 1.99. The number of amides is 1. The molecule has 1 aromatic heterocycles. The highest BCUT2D eigenvalue weighted by Gasteiger charge is 2.16. The maximum atomic E-state index is 12.0. The molecular formula is C14H22N4O. The Morgan fingerprint density at radius 3 is 2.84 bits per heavy atom. The first-order chi connectivity index (χ1) is 9.19. The molecule has 1 atom stereocenters. The summed E-state index contributed by atoms with van der Waals surface area (Å²) in [5.41, 5.74) is 0.427. The molecule has 0 radical (unpaired) electrons. The lowest BCUT2D eigenvalue weighted by Gasteiger charge is -2.14. The SMILES string of the molecule is CCC(C)NC(=O)c1cc(NC2CCCC2)ncn1. The number of hydrogen-bond donors (Lipinski definition) is 2. The maximum Gasteiger partial charge on any atom is 0.270 e. The second-order valence-electron chi connectivity index (χ2n) is 5.20. The quantitative estimate of drug-likeness (QED) is 0.855. The fourth-order valence-corrected chi connectivity index (χ4v) is 2.24. The minimum atomic E-state index is -0.133. The summed E-state index contributed by atoms with van der Waals surface area (Å²) in [5.74, 6) is 0.613. The Kier molecular flexibility index (Phi) is 4.71. The largest absolute Gasteiger partial charge is 0.367 e. The molecule has 0 aromatic carbocycles. The summed E-state index contributed by atoms with van der Waals surface area (Å²) in [6.45, 7) is 4.02. The molecule has 0 saturated heterocycles. The van der Waals surface area contributed by atoms with Crippen LogP contribution in [0, 0.1) is 0 Å². The first-order valence-corrected chi connectivity index (χ1v) is 7.08. The Bertz CT molecular complexity index is 429. The van der Waals surface area contributed by atoms with Crippen LogP contribution < -0.4 is 10.6 Å². The van der Waals surface area contributed by atoms with Gasteiger partial charge in [-0.3, -0.25) is 4.79 Å². The zero-order valence-corrected chi connectivity index (χ0v) is 11.6. The van der Waals surface area contributed by atoms with Crippen LogP contribution in [0.15, 0.2) is 12.4 Å². The molecule has 19 heavy (non-hydrogen) atoms. The smallest absolute Gasteiger partial charge is 0.270 e. The molecule has 104 valence electrons. The Morgan fingerprint density at radius 1 is 1.42 bits per heavy atom. The molecular weight excluding hydrogens is 240 g/mol. The molecule has 2 N–H and O–H groups in total. The van der Waals surface area contributed by atoms with E-state index in [2.05, 4.69) is 20.6 Å². The second-order valence-corrected chi connectivity index (χ2v) is 5.20. The van der Waals surface area contributed by atoms with Crippen molar-refractivity contribution in [2.45, 2.75) is 58.0 Å². The van der Waals surface area contributed by atoms with Crippen LogP contribution >= 0.6 is 0 Å². The third kappa shape index (κ3) is 3.91. The van der Waals surface area contributed by atoms with E-state index in [1.807, 2.05) is 13.8 Å². The van der Waals surface area contributed by atoms with E-state index in [1.54, 1.807) is 6.07 Å². The van der Waals surface area contributed by atoms with Crippen molar-refractivity contribution in [1.29, 1.82) is 0 Å². The summed E-state index contributed by atoms with van der Waals surface area (Å²) < 4.78 is 0. The van der Waals surface area contributed by atoms with Crippen molar-refractivity contribution in [2.75, 3.05) is 5.32 Å². The molecule has 1 aliphatic rings. The van der Waals surface area contributed by atoms with Gasteiger partial charge in [0.1, 0.15) is 17.8 Å². The van der Waals surface area contributed by atoms with E-state index in [4.69, 9.17) is 0 Å². The molecule has 2 rings (SSSR count). The molecule has 1 saturated carbocycles. The summed E-state index contributed by atoms with van der Waals surface area (Å²) in [5, 5.41) is 6.28. The van der Waals surface area contributed by atoms with Gasteiger partial charge >= 0.3 is 0 Å². The lowest BCUT2D eigenvalue weighted by molar-refractivity contribution is 0.0934. The van der Waals surface area contributed by atoms with Gasteiger partial charge in [-0.15, -0.1) is 0 Å². The van der Waals surface area contributed by atoms with Gasteiger partial charge < -0.3 is 10.6 Å². The van der Waals surface area contributed by atoms with Crippen LogP contribution in [0.4, 0.5) is 5.82 Å². The minimum absolute atomic E-state index is 0.133. The monoisotopic (exact) mass is 262 g/mol. The van der Waals surface area contributed by atoms with Crippen LogP contribution in [-0.4, -0.2) is 28.0 Å². The normalized spacial score (nSPS) is 17.2. The van der Waals surface area contributed by atoms with E-state index in [1.165, 1.54) is 32.0 Å². The average molecular weight is 262 g/mol. The predicted molar refractivity (Wildman–Crippen MR) is 75.1 cm³/mol. The van der Waals surface area contributed by atoms with Crippen LogP contribution in [0.1, 0.15) is 56.4 Å². The Hall–Kier alpha value is -1.65. The highest BCUT2D eigenvalue weighted by Crippen LogP contribution is 2.21. The highest BCUT2D eigenvalue weighted by molar-refractivity contribution is 5.93. The van der Waals surface area contributed by atoms with Crippen LogP contribution in [0.5, 0.6) is 0 Å². The summed E-state index contributed by atoms with van der Waals surface area (Å²) in [7, 11) is 0. The number of hydrogen-bond acceptors (Lipinski definition) is 4. The number of carbonyl (C=O) groups excluding carboxylic acids is 1. The fourth-order valence-electron chi connectivity index (χ4n) is 2.24. The lowest BCUT2D eigenvalue weighted by atomic mass is 10.2. The van der Waals surface area contributed by atoms with Gasteiger partial charge in [-0.25, -0.2) is 9.97 Å². The number of nitrogens with zero attached hydrogens (tertiary/aromatic N) is 2. The van der Waals surface area contributed by atoms with Gasteiger partial charge in [0.15, 0.2) is 0 Å². The van der Waals surface area contributed by atoms with Gasteiger partial charge in [-0.1, -0.05) is 19.8 Å². The summed E-state index contributed by atoms with van der Waals surface area (Å²) >= 11 is 0. The third-order valence-electron chi connectivity index (χ3n) is 3.60. The predicted octanol–water partition coefficient (Wildman–Crippen LogP) is 2.36. The van der Waals surface area contributed by atoms with E-state index < -0.39 is 0 Å². The number of carbonyl (C=O) groups is 1. The zero-order chi connectivity index (χ0) is 13.7. The molecule has 1 aliphatic carbocycles. The van der Waals surface area contributed by atoms with Gasteiger partial charge in [0.25, 0.3) is 5.91 Å². The summed E-state index contributed by atoms with van der Waals surface area (Å²) in [6, 6.07) is 2.38. The first-order valence-electron chi connectivity index (χ1n) is 7.08.